The topological polar surface area (TPSA) is 57.5 Å². The first-order valence-corrected chi connectivity index (χ1v) is 6.07. The molecule has 5 heteroatoms. The van der Waals surface area contributed by atoms with Crippen molar-refractivity contribution in [2.45, 2.75) is 6.04 Å². The molecular formula is C15H15NO4. The van der Waals surface area contributed by atoms with Crippen LogP contribution in [0.1, 0.15) is 11.6 Å². The second-order valence-corrected chi connectivity index (χ2v) is 4.13. The van der Waals surface area contributed by atoms with Crippen molar-refractivity contribution >= 4 is 5.97 Å². The van der Waals surface area contributed by atoms with E-state index in [1.165, 1.54) is 18.8 Å². The number of hydrogen-bond acceptors (Lipinski definition) is 4. The van der Waals surface area contributed by atoms with Crippen molar-refractivity contribution in [2.75, 3.05) is 14.2 Å². The van der Waals surface area contributed by atoms with E-state index in [0.717, 1.165) is 0 Å². The predicted octanol–water partition coefficient (Wildman–Crippen LogP) is 1.62. The lowest BCUT2D eigenvalue weighted by molar-refractivity contribution is -0.143. The lowest BCUT2D eigenvalue weighted by Gasteiger charge is -2.18. The summed E-state index contributed by atoms with van der Waals surface area (Å²) >= 11 is 0. The number of benzene rings is 1. The molecule has 104 valence electrons. The first-order chi connectivity index (χ1) is 9.69. The minimum atomic E-state index is -0.830. The second-order valence-electron chi connectivity index (χ2n) is 4.13. The van der Waals surface area contributed by atoms with Gasteiger partial charge in [-0.25, -0.2) is 4.79 Å². The zero-order valence-corrected chi connectivity index (χ0v) is 11.3. The molecule has 0 radical (unpaired) electrons. The number of rotatable bonds is 4. The predicted molar refractivity (Wildman–Crippen MR) is 73.9 cm³/mol. The maximum absolute atomic E-state index is 12.3. The Labute approximate surface area is 116 Å². The Balaban J connectivity index is 2.59. The van der Waals surface area contributed by atoms with Gasteiger partial charge in [0.2, 0.25) is 0 Å². The van der Waals surface area contributed by atoms with E-state index in [2.05, 4.69) is 0 Å². The fourth-order valence-corrected chi connectivity index (χ4v) is 2.01. The summed E-state index contributed by atoms with van der Waals surface area (Å²) in [6, 6.07) is 11.4. The van der Waals surface area contributed by atoms with Crippen LogP contribution in [0.15, 0.2) is 53.5 Å². The van der Waals surface area contributed by atoms with Crippen LogP contribution in [0.25, 0.3) is 0 Å². The van der Waals surface area contributed by atoms with Gasteiger partial charge in [-0.15, -0.1) is 0 Å². The van der Waals surface area contributed by atoms with Gasteiger partial charge in [0.05, 0.1) is 14.2 Å². The molecule has 0 aliphatic carbocycles. The molecule has 1 aromatic heterocycles. The molecule has 0 spiro atoms. The minimum absolute atomic E-state index is 0.178. The van der Waals surface area contributed by atoms with Crippen molar-refractivity contribution in [1.82, 2.24) is 4.57 Å². The number of methoxy groups -OCH3 is 2. The van der Waals surface area contributed by atoms with Gasteiger partial charge >= 0.3 is 5.97 Å². The quantitative estimate of drug-likeness (QED) is 0.794. The van der Waals surface area contributed by atoms with E-state index in [1.807, 2.05) is 6.07 Å². The van der Waals surface area contributed by atoms with Crippen LogP contribution in [-0.2, 0) is 9.53 Å². The highest BCUT2D eigenvalue weighted by atomic mass is 16.5. The second kappa shape index (κ2) is 6.06. The van der Waals surface area contributed by atoms with Crippen LogP contribution >= 0.6 is 0 Å². The monoisotopic (exact) mass is 273 g/mol. The van der Waals surface area contributed by atoms with Gasteiger partial charge in [-0.05, 0) is 17.7 Å². The van der Waals surface area contributed by atoms with Crippen molar-refractivity contribution in [3.05, 3.63) is 64.6 Å². The SMILES string of the molecule is COC(=O)C(c1ccccc1)n1cccc(OC)c1=O. The summed E-state index contributed by atoms with van der Waals surface area (Å²) in [5.74, 6) is -0.330. The van der Waals surface area contributed by atoms with Gasteiger partial charge < -0.3 is 9.47 Å². The average Bonchev–Trinajstić information content (AvgIpc) is 2.50. The summed E-state index contributed by atoms with van der Waals surface area (Å²) in [5, 5.41) is 0. The number of carbonyl (C=O) groups is 1. The van der Waals surface area contributed by atoms with Gasteiger partial charge in [-0.2, -0.15) is 0 Å². The Hall–Kier alpha value is -2.56. The first-order valence-electron chi connectivity index (χ1n) is 6.07. The first kappa shape index (κ1) is 13.9. The normalized spacial score (nSPS) is 11.7. The van der Waals surface area contributed by atoms with Gasteiger partial charge in [-0.1, -0.05) is 30.3 Å². The zero-order chi connectivity index (χ0) is 14.5. The molecule has 0 N–H and O–H groups in total. The lowest BCUT2D eigenvalue weighted by atomic mass is 10.1. The number of hydrogen-bond donors (Lipinski definition) is 0. The summed E-state index contributed by atoms with van der Waals surface area (Å²) in [6.07, 6.45) is 1.54. The fraction of sp³-hybridized carbons (Fsp3) is 0.200. The van der Waals surface area contributed by atoms with Gasteiger partial charge in [-0.3, -0.25) is 9.36 Å². The van der Waals surface area contributed by atoms with Crippen LogP contribution in [0.5, 0.6) is 5.75 Å². The molecule has 5 nitrogen and oxygen atoms in total. The highest BCUT2D eigenvalue weighted by molar-refractivity contribution is 5.78. The van der Waals surface area contributed by atoms with Crippen LogP contribution in [0, 0.1) is 0 Å². The standard InChI is InChI=1S/C15H15NO4/c1-19-12-9-6-10-16(14(12)17)13(15(18)20-2)11-7-4-3-5-8-11/h3-10,13H,1-2H3. The molecule has 2 rings (SSSR count). The fourth-order valence-electron chi connectivity index (χ4n) is 2.01. The molecule has 0 saturated carbocycles. The van der Waals surface area contributed by atoms with Crippen LogP contribution in [0.4, 0.5) is 0 Å². The molecular weight excluding hydrogens is 258 g/mol. The molecule has 1 heterocycles. The molecule has 0 saturated heterocycles. The third-order valence-corrected chi connectivity index (χ3v) is 2.98. The highest BCUT2D eigenvalue weighted by Gasteiger charge is 2.24. The van der Waals surface area contributed by atoms with E-state index >= 15 is 0 Å². The van der Waals surface area contributed by atoms with Crippen molar-refractivity contribution in [3.63, 3.8) is 0 Å². The van der Waals surface area contributed by atoms with E-state index < -0.39 is 12.0 Å². The Morgan fingerprint density at radius 1 is 1.10 bits per heavy atom. The molecule has 0 bridgehead atoms. The van der Waals surface area contributed by atoms with Crippen LogP contribution in [0.3, 0.4) is 0 Å². The summed E-state index contributed by atoms with van der Waals surface area (Å²) in [7, 11) is 2.71. The molecule has 20 heavy (non-hydrogen) atoms. The van der Waals surface area contributed by atoms with Gasteiger partial charge in [0.15, 0.2) is 11.8 Å². The number of carbonyl (C=O) groups excluding carboxylic acids is 1. The summed E-state index contributed by atoms with van der Waals surface area (Å²) < 4.78 is 11.1. The maximum atomic E-state index is 12.3. The minimum Gasteiger partial charge on any atom is -0.491 e. The zero-order valence-electron chi connectivity index (χ0n) is 11.3. The van der Waals surface area contributed by atoms with E-state index in [1.54, 1.807) is 42.6 Å². The lowest BCUT2D eigenvalue weighted by Crippen LogP contribution is -2.31. The van der Waals surface area contributed by atoms with Crippen LogP contribution in [-0.4, -0.2) is 24.8 Å². The maximum Gasteiger partial charge on any atom is 0.333 e. The average molecular weight is 273 g/mol. The van der Waals surface area contributed by atoms with Crippen LogP contribution < -0.4 is 10.3 Å². The Bertz CT molecular complexity index is 648. The smallest absolute Gasteiger partial charge is 0.333 e. The van der Waals surface area contributed by atoms with Gasteiger partial charge in [0, 0.05) is 6.20 Å². The summed E-state index contributed by atoms with van der Waals surface area (Å²) in [5.41, 5.74) is 0.295. The molecule has 0 fully saturated rings. The molecule has 1 aromatic carbocycles. The Morgan fingerprint density at radius 3 is 2.40 bits per heavy atom. The van der Waals surface area contributed by atoms with E-state index in [-0.39, 0.29) is 11.3 Å². The third kappa shape index (κ3) is 2.56. The summed E-state index contributed by atoms with van der Waals surface area (Å²) in [6.45, 7) is 0. The highest BCUT2D eigenvalue weighted by Crippen LogP contribution is 2.19. The van der Waals surface area contributed by atoms with Crippen molar-refractivity contribution in [1.29, 1.82) is 0 Å². The van der Waals surface area contributed by atoms with E-state index in [4.69, 9.17) is 9.47 Å². The largest absolute Gasteiger partial charge is 0.491 e. The molecule has 0 aliphatic rings. The number of aromatic nitrogens is 1. The molecule has 0 amide bonds. The number of nitrogens with zero attached hydrogens (tertiary/aromatic N) is 1. The van der Waals surface area contributed by atoms with Crippen molar-refractivity contribution < 1.29 is 14.3 Å². The molecule has 0 aliphatic heterocycles. The van der Waals surface area contributed by atoms with Gasteiger partial charge in [0.25, 0.3) is 5.56 Å². The van der Waals surface area contributed by atoms with Crippen LogP contribution in [0.2, 0.25) is 0 Å². The molecule has 1 unspecified atom stereocenters. The van der Waals surface area contributed by atoms with Crippen molar-refractivity contribution in [3.8, 4) is 5.75 Å². The van der Waals surface area contributed by atoms with Crippen molar-refractivity contribution in [2.24, 2.45) is 0 Å². The summed E-state index contributed by atoms with van der Waals surface area (Å²) in [4.78, 5) is 24.3. The molecule has 2 aromatic rings. The third-order valence-electron chi connectivity index (χ3n) is 2.98. The number of pyridine rings is 1. The molecule has 1 atom stereocenters. The number of esters is 1. The van der Waals surface area contributed by atoms with E-state index in [0.29, 0.717) is 5.56 Å². The Morgan fingerprint density at radius 2 is 1.80 bits per heavy atom. The van der Waals surface area contributed by atoms with Gasteiger partial charge in [0.1, 0.15) is 0 Å². The number of ether oxygens (including phenoxy) is 2. The Kier molecular flexibility index (Phi) is 4.20. The van der Waals surface area contributed by atoms with E-state index in [9.17, 15) is 9.59 Å².